The Morgan fingerprint density at radius 2 is 2.12 bits per heavy atom. The van der Waals surface area contributed by atoms with Gasteiger partial charge in [0.2, 0.25) is 15.9 Å². The summed E-state index contributed by atoms with van der Waals surface area (Å²) in [4.78, 5) is 11.3. The summed E-state index contributed by atoms with van der Waals surface area (Å²) in [6, 6.07) is -0.457. The molecule has 1 saturated heterocycles. The van der Waals surface area contributed by atoms with E-state index in [2.05, 4.69) is 10.4 Å². The monoisotopic (exact) mass is 397 g/mol. The number of alkyl halides is 3. The molecule has 3 N–H and O–H groups in total. The Bertz CT molecular complexity index is 720. The normalized spacial score (nSPS) is 19.5. The van der Waals surface area contributed by atoms with Crippen LogP contribution < -0.4 is 11.1 Å². The lowest BCUT2D eigenvalue weighted by molar-refractivity contribution is -0.142. The maximum absolute atomic E-state index is 12.8. The van der Waals surface area contributed by atoms with Crippen LogP contribution in [0.2, 0.25) is 0 Å². The van der Waals surface area contributed by atoms with Gasteiger partial charge in [0.15, 0.2) is 0 Å². The number of halogens is 3. The molecule has 1 unspecified atom stereocenters. The van der Waals surface area contributed by atoms with Gasteiger partial charge in [0.25, 0.3) is 0 Å². The molecule has 0 spiro atoms. The number of nitrogens with one attached hydrogen (secondary N) is 1. The van der Waals surface area contributed by atoms with Crippen molar-refractivity contribution >= 4 is 15.9 Å². The van der Waals surface area contributed by atoms with Gasteiger partial charge in [-0.05, 0) is 12.8 Å². The summed E-state index contributed by atoms with van der Waals surface area (Å²) < 4.78 is 64.7. The van der Waals surface area contributed by atoms with E-state index in [-0.39, 0.29) is 36.9 Å². The van der Waals surface area contributed by atoms with Gasteiger partial charge in [-0.2, -0.15) is 22.6 Å². The molecule has 1 aromatic rings. The van der Waals surface area contributed by atoms with Gasteiger partial charge in [-0.3, -0.25) is 9.48 Å². The third-order valence-electron chi connectivity index (χ3n) is 4.04. The molecule has 1 atom stereocenters. The fourth-order valence-electron chi connectivity index (χ4n) is 2.83. The highest BCUT2D eigenvalue weighted by Gasteiger charge is 2.35. The third-order valence-corrected chi connectivity index (χ3v) is 5.94. The molecule has 1 aliphatic heterocycles. The van der Waals surface area contributed by atoms with E-state index >= 15 is 0 Å². The standard InChI is InChI=1S/C14H22F3N5O3S/c15-14(16,17)10-21-9-12(8-20-21)26(24,25)22-6-2-1-3-11(22)7-19-13(23)4-5-18/h8-9,11H,1-7,10,18H2,(H,19,23). The molecule has 0 radical (unpaired) electrons. The minimum absolute atomic E-state index is 0.134. The molecule has 2 heterocycles. The smallest absolute Gasteiger partial charge is 0.354 e. The number of sulfonamides is 1. The number of amides is 1. The third kappa shape index (κ3) is 5.42. The van der Waals surface area contributed by atoms with E-state index in [4.69, 9.17) is 5.73 Å². The predicted octanol–water partition coefficient (Wildman–Crippen LogP) is 0.454. The second-order valence-electron chi connectivity index (χ2n) is 6.10. The van der Waals surface area contributed by atoms with Gasteiger partial charge in [-0.25, -0.2) is 8.42 Å². The van der Waals surface area contributed by atoms with Crippen molar-refractivity contribution in [2.45, 2.75) is 49.3 Å². The van der Waals surface area contributed by atoms with Crippen molar-refractivity contribution in [1.82, 2.24) is 19.4 Å². The Morgan fingerprint density at radius 1 is 1.38 bits per heavy atom. The predicted molar refractivity (Wildman–Crippen MR) is 86.5 cm³/mol. The number of hydrogen-bond acceptors (Lipinski definition) is 5. The van der Waals surface area contributed by atoms with Crippen LogP contribution in [0.4, 0.5) is 13.2 Å². The first-order valence-corrected chi connectivity index (χ1v) is 9.65. The summed E-state index contributed by atoms with van der Waals surface area (Å²) in [5.41, 5.74) is 5.30. The van der Waals surface area contributed by atoms with Crippen LogP contribution in [-0.4, -0.2) is 60.3 Å². The van der Waals surface area contributed by atoms with Crippen molar-refractivity contribution in [3.8, 4) is 0 Å². The number of hydrogen-bond donors (Lipinski definition) is 2. The van der Waals surface area contributed by atoms with Crippen LogP contribution in [0.1, 0.15) is 25.7 Å². The van der Waals surface area contributed by atoms with Gasteiger partial charge in [-0.1, -0.05) is 6.42 Å². The van der Waals surface area contributed by atoms with E-state index in [1.54, 1.807) is 0 Å². The van der Waals surface area contributed by atoms with Gasteiger partial charge >= 0.3 is 6.18 Å². The van der Waals surface area contributed by atoms with Gasteiger partial charge in [0.05, 0.1) is 6.20 Å². The molecule has 0 aromatic carbocycles. The Morgan fingerprint density at radius 3 is 2.77 bits per heavy atom. The average molecular weight is 397 g/mol. The molecule has 26 heavy (non-hydrogen) atoms. The maximum Gasteiger partial charge on any atom is 0.408 e. The van der Waals surface area contributed by atoms with E-state index in [0.29, 0.717) is 17.5 Å². The van der Waals surface area contributed by atoms with Gasteiger partial charge < -0.3 is 11.1 Å². The number of carbonyl (C=O) groups is 1. The number of nitrogens with two attached hydrogens (primary N) is 1. The first kappa shape index (κ1) is 20.6. The van der Waals surface area contributed by atoms with Crippen LogP contribution in [0.25, 0.3) is 0 Å². The molecule has 1 fully saturated rings. The van der Waals surface area contributed by atoms with E-state index in [0.717, 1.165) is 18.8 Å². The number of nitrogens with zero attached hydrogens (tertiary/aromatic N) is 3. The first-order valence-electron chi connectivity index (χ1n) is 8.21. The highest BCUT2D eigenvalue weighted by atomic mass is 32.2. The quantitative estimate of drug-likeness (QED) is 0.694. The second kappa shape index (κ2) is 8.35. The zero-order chi connectivity index (χ0) is 19.4. The summed E-state index contributed by atoms with van der Waals surface area (Å²) in [6.45, 7) is -0.795. The minimum Gasteiger partial charge on any atom is -0.354 e. The van der Waals surface area contributed by atoms with E-state index < -0.39 is 28.8 Å². The molecule has 148 valence electrons. The van der Waals surface area contributed by atoms with Crippen molar-refractivity contribution in [2.24, 2.45) is 5.73 Å². The second-order valence-corrected chi connectivity index (χ2v) is 7.99. The van der Waals surface area contributed by atoms with Crippen molar-refractivity contribution < 1.29 is 26.4 Å². The number of rotatable bonds is 7. The Balaban J connectivity index is 2.13. The van der Waals surface area contributed by atoms with Gasteiger partial charge in [0.1, 0.15) is 11.4 Å². The average Bonchev–Trinajstić information content (AvgIpc) is 3.01. The van der Waals surface area contributed by atoms with Crippen LogP contribution in [0.5, 0.6) is 0 Å². The number of piperidine rings is 1. The lowest BCUT2D eigenvalue weighted by Crippen LogP contribution is -2.49. The lowest BCUT2D eigenvalue weighted by Gasteiger charge is -2.34. The van der Waals surface area contributed by atoms with Crippen LogP contribution in [0.3, 0.4) is 0 Å². The molecule has 1 aliphatic rings. The van der Waals surface area contributed by atoms with Crippen LogP contribution in [-0.2, 0) is 21.4 Å². The molecular weight excluding hydrogens is 375 g/mol. The highest BCUT2D eigenvalue weighted by Crippen LogP contribution is 2.25. The Hall–Kier alpha value is -1.66. The zero-order valence-electron chi connectivity index (χ0n) is 14.1. The van der Waals surface area contributed by atoms with Crippen molar-refractivity contribution in [3.05, 3.63) is 12.4 Å². The van der Waals surface area contributed by atoms with Gasteiger partial charge in [-0.15, -0.1) is 0 Å². The zero-order valence-corrected chi connectivity index (χ0v) is 14.9. The molecular formula is C14H22F3N5O3S. The summed E-state index contributed by atoms with van der Waals surface area (Å²) >= 11 is 0. The van der Waals surface area contributed by atoms with Gasteiger partial charge in [0, 0.05) is 38.3 Å². The molecule has 1 aromatic heterocycles. The molecule has 0 saturated carbocycles. The molecule has 2 rings (SSSR count). The Kier molecular flexibility index (Phi) is 6.64. The fraction of sp³-hybridized carbons (Fsp3) is 0.714. The largest absolute Gasteiger partial charge is 0.408 e. The topological polar surface area (TPSA) is 110 Å². The first-order chi connectivity index (χ1) is 12.1. The highest BCUT2D eigenvalue weighted by molar-refractivity contribution is 7.89. The number of carbonyl (C=O) groups excluding carboxylic acids is 1. The molecule has 12 heteroatoms. The lowest BCUT2D eigenvalue weighted by atomic mass is 10.1. The minimum atomic E-state index is -4.49. The SMILES string of the molecule is NCCC(=O)NCC1CCCCN1S(=O)(=O)c1cnn(CC(F)(F)F)c1. The van der Waals surface area contributed by atoms with Crippen molar-refractivity contribution in [3.63, 3.8) is 0 Å². The van der Waals surface area contributed by atoms with Crippen molar-refractivity contribution in [1.29, 1.82) is 0 Å². The number of aromatic nitrogens is 2. The van der Waals surface area contributed by atoms with Crippen LogP contribution in [0, 0.1) is 0 Å². The van der Waals surface area contributed by atoms with Crippen LogP contribution >= 0.6 is 0 Å². The molecule has 0 bridgehead atoms. The fourth-order valence-corrected chi connectivity index (χ4v) is 4.48. The maximum atomic E-state index is 12.8. The summed E-state index contributed by atoms with van der Waals surface area (Å²) in [5, 5.41) is 6.14. The summed E-state index contributed by atoms with van der Waals surface area (Å²) in [6.07, 6.45) is -0.558. The molecule has 1 amide bonds. The van der Waals surface area contributed by atoms with E-state index in [1.807, 2.05) is 0 Å². The van der Waals surface area contributed by atoms with Crippen LogP contribution in [0.15, 0.2) is 17.3 Å². The van der Waals surface area contributed by atoms with E-state index in [9.17, 15) is 26.4 Å². The molecule has 8 nitrogen and oxygen atoms in total. The van der Waals surface area contributed by atoms with E-state index in [1.165, 1.54) is 4.31 Å². The summed E-state index contributed by atoms with van der Waals surface area (Å²) in [5.74, 6) is -0.270. The molecule has 0 aliphatic carbocycles. The Labute approximate surface area is 149 Å². The van der Waals surface area contributed by atoms with Crippen molar-refractivity contribution in [2.75, 3.05) is 19.6 Å². The summed E-state index contributed by atoms with van der Waals surface area (Å²) in [7, 11) is -4.00.